The number of imidazole rings is 1. The van der Waals surface area contributed by atoms with E-state index in [4.69, 9.17) is 4.74 Å². The van der Waals surface area contributed by atoms with Gasteiger partial charge in [-0.2, -0.15) is 0 Å². The van der Waals surface area contributed by atoms with Crippen LogP contribution in [0.1, 0.15) is 58.2 Å². The summed E-state index contributed by atoms with van der Waals surface area (Å²) < 4.78 is 7.37. The number of aromatic nitrogens is 2. The minimum atomic E-state index is -0.457. The van der Waals surface area contributed by atoms with E-state index in [1.807, 2.05) is 33.3 Å². The number of ether oxygens (including phenoxy) is 1. The summed E-state index contributed by atoms with van der Waals surface area (Å²) in [7, 11) is 0. The van der Waals surface area contributed by atoms with Gasteiger partial charge in [-0.3, -0.25) is 0 Å². The van der Waals surface area contributed by atoms with Gasteiger partial charge in [0.2, 0.25) is 0 Å². The molecule has 1 aliphatic rings. The molecular formula is C14H23N3O2. The van der Waals surface area contributed by atoms with E-state index in [1.165, 1.54) is 18.5 Å². The predicted molar refractivity (Wildman–Crippen MR) is 73.1 cm³/mol. The third kappa shape index (κ3) is 3.98. The fourth-order valence-corrected chi connectivity index (χ4v) is 2.02. The van der Waals surface area contributed by atoms with Gasteiger partial charge in [-0.25, -0.2) is 9.78 Å². The molecular weight excluding hydrogens is 242 g/mol. The third-order valence-electron chi connectivity index (χ3n) is 3.11. The van der Waals surface area contributed by atoms with Crippen LogP contribution in [-0.2, 0) is 4.74 Å². The summed E-state index contributed by atoms with van der Waals surface area (Å²) in [6, 6.07) is 0.186. The average Bonchev–Trinajstić information content (AvgIpc) is 3.01. The molecule has 1 amide bonds. The van der Waals surface area contributed by atoms with Crippen molar-refractivity contribution in [3.63, 3.8) is 0 Å². The summed E-state index contributed by atoms with van der Waals surface area (Å²) in [5.74, 6) is 0.659. The van der Waals surface area contributed by atoms with E-state index < -0.39 is 5.60 Å². The number of nitrogens with one attached hydrogen (secondary N) is 1. The lowest BCUT2D eigenvalue weighted by molar-refractivity contribution is 0.0521. The number of carbonyl (C=O) groups is 1. The van der Waals surface area contributed by atoms with Gasteiger partial charge in [0.25, 0.3) is 0 Å². The van der Waals surface area contributed by atoms with Crippen LogP contribution in [0.2, 0.25) is 0 Å². The molecule has 0 aromatic carbocycles. The highest BCUT2D eigenvalue weighted by atomic mass is 16.6. The number of carbonyl (C=O) groups excluding carboxylic acids is 1. The lowest BCUT2D eigenvalue weighted by atomic mass is 10.2. The molecule has 1 unspecified atom stereocenters. The molecule has 19 heavy (non-hydrogen) atoms. The summed E-state index contributed by atoms with van der Waals surface area (Å²) in [5, 5.41) is 2.80. The largest absolute Gasteiger partial charge is 0.444 e. The zero-order valence-electron chi connectivity index (χ0n) is 12.1. The van der Waals surface area contributed by atoms with Gasteiger partial charge in [0.15, 0.2) is 0 Å². The molecule has 0 bridgehead atoms. The Morgan fingerprint density at radius 2 is 2.26 bits per heavy atom. The molecule has 0 aliphatic heterocycles. The van der Waals surface area contributed by atoms with Crippen molar-refractivity contribution in [3.05, 3.63) is 18.2 Å². The second kappa shape index (κ2) is 5.23. The molecule has 1 aromatic heterocycles. The standard InChI is InChI=1S/C14H23N3O2/c1-10(7-16-13(18)19-14(2,3)4)17-9-15-8-12(17)11-5-6-11/h8-11H,5-7H2,1-4H3,(H,16,18). The van der Waals surface area contributed by atoms with Crippen LogP contribution in [0.4, 0.5) is 4.79 Å². The molecule has 1 atom stereocenters. The van der Waals surface area contributed by atoms with E-state index in [1.54, 1.807) is 0 Å². The van der Waals surface area contributed by atoms with E-state index in [2.05, 4.69) is 21.8 Å². The fourth-order valence-electron chi connectivity index (χ4n) is 2.02. The average molecular weight is 265 g/mol. The second-order valence-electron chi connectivity index (χ2n) is 6.23. The van der Waals surface area contributed by atoms with Crippen LogP contribution in [0, 0.1) is 0 Å². The maximum Gasteiger partial charge on any atom is 0.407 e. The van der Waals surface area contributed by atoms with Crippen molar-refractivity contribution < 1.29 is 9.53 Å². The molecule has 0 radical (unpaired) electrons. The highest BCUT2D eigenvalue weighted by molar-refractivity contribution is 5.67. The first kappa shape index (κ1) is 13.9. The first-order valence-corrected chi connectivity index (χ1v) is 6.85. The molecule has 1 N–H and O–H groups in total. The number of alkyl carbamates (subject to hydrolysis) is 1. The van der Waals surface area contributed by atoms with Crippen molar-refractivity contribution in [1.82, 2.24) is 14.9 Å². The van der Waals surface area contributed by atoms with Crippen LogP contribution in [0.5, 0.6) is 0 Å². The van der Waals surface area contributed by atoms with Gasteiger partial charge in [-0.1, -0.05) is 0 Å². The Hall–Kier alpha value is -1.52. The third-order valence-corrected chi connectivity index (χ3v) is 3.11. The zero-order chi connectivity index (χ0) is 14.0. The van der Waals surface area contributed by atoms with Gasteiger partial charge in [0.05, 0.1) is 6.33 Å². The van der Waals surface area contributed by atoms with E-state index >= 15 is 0 Å². The van der Waals surface area contributed by atoms with Crippen LogP contribution in [0.15, 0.2) is 12.5 Å². The van der Waals surface area contributed by atoms with Crippen molar-refractivity contribution in [2.45, 2.75) is 58.1 Å². The number of amides is 1. The molecule has 1 fully saturated rings. The number of nitrogens with zero attached hydrogens (tertiary/aromatic N) is 2. The Morgan fingerprint density at radius 1 is 1.58 bits per heavy atom. The zero-order valence-corrected chi connectivity index (χ0v) is 12.1. The lowest BCUT2D eigenvalue weighted by Crippen LogP contribution is -2.35. The molecule has 0 saturated heterocycles. The Morgan fingerprint density at radius 3 is 2.84 bits per heavy atom. The minimum absolute atomic E-state index is 0.186. The van der Waals surface area contributed by atoms with Gasteiger partial charge >= 0.3 is 6.09 Å². The van der Waals surface area contributed by atoms with Gasteiger partial charge in [0, 0.05) is 30.4 Å². The first-order chi connectivity index (χ1) is 8.87. The van der Waals surface area contributed by atoms with Crippen LogP contribution in [-0.4, -0.2) is 27.8 Å². The van der Waals surface area contributed by atoms with E-state index in [-0.39, 0.29) is 12.1 Å². The molecule has 5 nitrogen and oxygen atoms in total. The van der Waals surface area contributed by atoms with Gasteiger partial charge in [0.1, 0.15) is 5.60 Å². The highest BCUT2D eigenvalue weighted by Crippen LogP contribution is 2.40. The summed E-state index contributed by atoms with van der Waals surface area (Å²) in [6.07, 6.45) is 5.90. The maximum absolute atomic E-state index is 11.6. The molecule has 5 heteroatoms. The predicted octanol–water partition coefficient (Wildman–Crippen LogP) is 2.85. The van der Waals surface area contributed by atoms with E-state index in [9.17, 15) is 4.79 Å². The molecule has 2 rings (SSSR count). The van der Waals surface area contributed by atoms with Crippen LogP contribution in [0.25, 0.3) is 0 Å². The highest BCUT2D eigenvalue weighted by Gasteiger charge is 2.28. The fraction of sp³-hybridized carbons (Fsp3) is 0.714. The van der Waals surface area contributed by atoms with E-state index in [0.717, 1.165) is 0 Å². The van der Waals surface area contributed by atoms with Crippen molar-refractivity contribution in [2.24, 2.45) is 0 Å². The molecule has 1 aromatic rings. The monoisotopic (exact) mass is 265 g/mol. The first-order valence-electron chi connectivity index (χ1n) is 6.85. The molecule has 1 saturated carbocycles. The Bertz CT molecular complexity index is 444. The number of hydrogen-bond acceptors (Lipinski definition) is 3. The van der Waals surface area contributed by atoms with Gasteiger partial charge in [-0.05, 0) is 40.5 Å². The molecule has 1 heterocycles. The number of hydrogen-bond donors (Lipinski definition) is 1. The maximum atomic E-state index is 11.6. The van der Waals surface area contributed by atoms with Crippen LogP contribution < -0.4 is 5.32 Å². The Balaban J connectivity index is 1.85. The lowest BCUT2D eigenvalue weighted by Gasteiger charge is -2.21. The topological polar surface area (TPSA) is 56.1 Å². The van der Waals surface area contributed by atoms with Crippen molar-refractivity contribution in [1.29, 1.82) is 0 Å². The Labute approximate surface area is 114 Å². The minimum Gasteiger partial charge on any atom is -0.444 e. The Kier molecular flexibility index (Phi) is 3.83. The summed E-state index contributed by atoms with van der Waals surface area (Å²) >= 11 is 0. The summed E-state index contributed by atoms with van der Waals surface area (Å²) in [5.41, 5.74) is 0.820. The smallest absolute Gasteiger partial charge is 0.407 e. The number of rotatable bonds is 4. The summed E-state index contributed by atoms with van der Waals surface area (Å²) in [4.78, 5) is 15.8. The van der Waals surface area contributed by atoms with Crippen molar-refractivity contribution in [3.8, 4) is 0 Å². The quantitative estimate of drug-likeness (QED) is 0.910. The van der Waals surface area contributed by atoms with Crippen LogP contribution >= 0.6 is 0 Å². The van der Waals surface area contributed by atoms with Crippen LogP contribution in [0.3, 0.4) is 0 Å². The molecule has 106 valence electrons. The SMILES string of the molecule is CC(CNC(=O)OC(C)(C)C)n1cncc1C1CC1. The summed E-state index contributed by atoms with van der Waals surface area (Å²) in [6.45, 7) is 8.20. The van der Waals surface area contributed by atoms with E-state index in [0.29, 0.717) is 12.5 Å². The molecule has 0 spiro atoms. The van der Waals surface area contributed by atoms with Gasteiger partial charge < -0.3 is 14.6 Å². The molecule has 1 aliphatic carbocycles. The van der Waals surface area contributed by atoms with Gasteiger partial charge in [-0.15, -0.1) is 0 Å². The second-order valence-corrected chi connectivity index (χ2v) is 6.23. The van der Waals surface area contributed by atoms with Crippen molar-refractivity contribution >= 4 is 6.09 Å². The normalized spacial score (nSPS) is 17.1. The van der Waals surface area contributed by atoms with Crippen molar-refractivity contribution in [2.75, 3.05) is 6.54 Å².